The van der Waals surface area contributed by atoms with Crippen LogP contribution in [0.2, 0.25) is 0 Å². The Kier molecular flexibility index (Phi) is 2.23. The zero-order chi connectivity index (χ0) is 10.3. The first-order chi connectivity index (χ1) is 6.65. The van der Waals surface area contributed by atoms with Crippen LogP contribution in [-0.2, 0) is 6.42 Å². The van der Waals surface area contributed by atoms with Crippen LogP contribution >= 0.6 is 15.9 Å². The first-order valence-electron chi connectivity index (χ1n) is 4.33. The van der Waals surface area contributed by atoms with Gasteiger partial charge in [0.15, 0.2) is 5.78 Å². The van der Waals surface area contributed by atoms with E-state index in [-0.39, 0.29) is 5.78 Å². The van der Waals surface area contributed by atoms with Crippen molar-refractivity contribution in [1.29, 1.82) is 0 Å². The Balaban J connectivity index is 2.72. The van der Waals surface area contributed by atoms with Crippen LogP contribution in [0.1, 0.15) is 22.3 Å². The van der Waals surface area contributed by atoms with Crippen molar-refractivity contribution in [3.8, 4) is 5.75 Å². The second-order valence-corrected chi connectivity index (χ2v) is 4.05. The number of anilines is 1. The molecule has 0 aliphatic heterocycles. The summed E-state index contributed by atoms with van der Waals surface area (Å²) in [5.41, 5.74) is 7.97. The summed E-state index contributed by atoms with van der Waals surface area (Å²) in [6.45, 7) is 0. The Labute approximate surface area is 90.4 Å². The Bertz CT molecular complexity index is 415. The lowest BCUT2D eigenvalue weighted by atomic mass is 10.1. The van der Waals surface area contributed by atoms with Crippen molar-refractivity contribution in [3.63, 3.8) is 0 Å². The van der Waals surface area contributed by atoms with Crippen LogP contribution in [-0.4, -0.2) is 12.9 Å². The maximum atomic E-state index is 11.6. The molecule has 2 N–H and O–H groups in total. The number of Topliss-reactive ketones (excluding diaryl/α,β-unsaturated/α-hetero) is 1. The zero-order valence-electron chi connectivity index (χ0n) is 7.76. The molecule has 0 amide bonds. The molecular weight excluding hydrogens is 246 g/mol. The molecule has 4 heteroatoms. The second-order valence-electron chi connectivity index (χ2n) is 3.26. The van der Waals surface area contributed by atoms with E-state index in [1.54, 1.807) is 13.2 Å². The molecule has 1 aromatic rings. The lowest BCUT2D eigenvalue weighted by molar-refractivity contribution is 0.0994. The normalized spacial score (nSPS) is 14.3. The number of halogens is 1. The van der Waals surface area contributed by atoms with Crippen molar-refractivity contribution in [2.75, 3.05) is 12.8 Å². The third-order valence-electron chi connectivity index (χ3n) is 2.46. The van der Waals surface area contributed by atoms with Gasteiger partial charge in [-0.1, -0.05) is 0 Å². The van der Waals surface area contributed by atoms with Crippen LogP contribution in [0, 0.1) is 0 Å². The van der Waals surface area contributed by atoms with E-state index in [0.29, 0.717) is 27.9 Å². The van der Waals surface area contributed by atoms with Gasteiger partial charge in [0, 0.05) is 23.6 Å². The molecule has 0 unspecified atom stereocenters. The number of carbonyl (C=O) groups is 1. The van der Waals surface area contributed by atoms with Crippen LogP contribution in [0.15, 0.2) is 10.5 Å². The van der Waals surface area contributed by atoms with E-state index >= 15 is 0 Å². The van der Waals surface area contributed by atoms with Gasteiger partial charge in [0.05, 0.1) is 17.3 Å². The van der Waals surface area contributed by atoms with Crippen LogP contribution in [0.3, 0.4) is 0 Å². The molecule has 1 aliphatic carbocycles. The molecule has 0 bridgehead atoms. The summed E-state index contributed by atoms with van der Waals surface area (Å²) in [5.74, 6) is 0.851. The van der Waals surface area contributed by atoms with E-state index in [1.165, 1.54) is 0 Å². The number of fused-ring (bicyclic) bond motifs is 1. The number of rotatable bonds is 1. The molecule has 0 saturated heterocycles. The highest BCUT2D eigenvalue weighted by molar-refractivity contribution is 9.10. The van der Waals surface area contributed by atoms with Gasteiger partial charge < -0.3 is 10.5 Å². The molecule has 74 valence electrons. The molecule has 0 heterocycles. The van der Waals surface area contributed by atoms with Crippen LogP contribution in [0.5, 0.6) is 5.75 Å². The molecule has 0 saturated carbocycles. The number of hydrogen-bond acceptors (Lipinski definition) is 3. The molecule has 14 heavy (non-hydrogen) atoms. The van der Waals surface area contributed by atoms with E-state index in [4.69, 9.17) is 10.5 Å². The minimum absolute atomic E-state index is 0.137. The van der Waals surface area contributed by atoms with Crippen molar-refractivity contribution in [2.45, 2.75) is 12.8 Å². The lowest BCUT2D eigenvalue weighted by Gasteiger charge is -2.10. The molecule has 2 rings (SSSR count). The maximum Gasteiger partial charge on any atom is 0.164 e. The first-order valence-corrected chi connectivity index (χ1v) is 5.12. The van der Waals surface area contributed by atoms with E-state index in [0.717, 1.165) is 12.0 Å². The second kappa shape index (κ2) is 3.28. The average molecular weight is 256 g/mol. The SMILES string of the molecule is COc1cc(N)c(Br)c2c1CCC2=O. The Hall–Kier alpha value is -1.03. The monoisotopic (exact) mass is 255 g/mol. The number of nitrogen functional groups attached to an aromatic ring is 1. The number of benzene rings is 1. The summed E-state index contributed by atoms with van der Waals surface area (Å²) in [5, 5.41) is 0. The van der Waals surface area contributed by atoms with Crippen molar-refractivity contribution < 1.29 is 9.53 Å². The standard InChI is InChI=1S/C10H10BrNO2/c1-14-8-4-6(12)10(11)9-5(8)2-3-7(9)13/h4H,2-3,12H2,1H3. The third-order valence-corrected chi connectivity index (χ3v) is 3.31. The van der Waals surface area contributed by atoms with Gasteiger partial charge in [0.25, 0.3) is 0 Å². The lowest BCUT2D eigenvalue weighted by Crippen LogP contribution is -1.99. The molecule has 3 nitrogen and oxygen atoms in total. The highest BCUT2D eigenvalue weighted by Crippen LogP contribution is 2.39. The zero-order valence-corrected chi connectivity index (χ0v) is 9.35. The summed E-state index contributed by atoms with van der Waals surface area (Å²) < 4.78 is 5.89. The summed E-state index contributed by atoms with van der Waals surface area (Å²) in [4.78, 5) is 11.6. The van der Waals surface area contributed by atoms with Gasteiger partial charge >= 0.3 is 0 Å². The summed E-state index contributed by atoms with van der Waals surface area (Å²) in [7, 11) is 1.59. The fourth-order valence-corrected chi connectivity index (χ4v) is 2.35. The van der Waals surface area contributed by atoms with Gasteiger partial charge in [-0.05, 0) is 22.4 Å². The van der Waals surface area contributed by atoms with Gasteiger partial charge in [-0.25, -0.2) is 0 Å². The minimum Gasteiger partial charge on any atom is -0.496 e. The quantitative estimate of drug-likeness (QED) is 0.783. The van der Waals surface area contributed by atoms with Gasteiger partial charge in [0.1, 0.15) is 5.75 Å². The minimum atomic E-state index is 0.137. The highest BCUT2D eigenvalue weighted by Gasteiger charge is 2.27. The van der Waals surface area contributed by atoms with Crippen LogP contribution in [0.25, 0.3) is 0 Å². The fourth-order valence-electron chi connectivity index (χ4n) is 1.78. The smallest absolute Gasteiger partial charge is 0.164 e. The summed E-state index contributed by atoms with van der Waals surface area (Å²) in [6, 6.07) is 1.75. The molecule has 0 radical (unpaired) electrons. The molecule has 0 spiro atoms. The number of ketones is 1. The molecule has 0 fully saturated rings. The molecule has 1 aliphatic rings. The van der Waals surface area contributed by atoms with Gasteiger partial charge in [-0.3, -0.25) is 4.79 Å². The molecule has 1 aromatic carbocycles. The average Bonchev–Trinajstić information content (AvgIpc) is 2.54. The third kappa shape index (κ3) is 1.21. The van der Waals surface area contributed by atoms with E-state index < -0.39 is 0 Å². The maximum absolute atomic E-state index is 11.6. The van der Waals surface area contributed by atoms with E-state index in [2.05, 4.69) is 15.9 Å². The molecule has 0 atom stereocenters. The number of carbonyl (C=O) groups excluding carboxylic acids is 1. The number of hydrogen-bond donors (Lipinski definition) is 1. The largest absolute Gasteiger partial charge is 0.496 e. The molecule has 0 aromatic heterocycles. The fraction of sp³-hybridized carbons (Fsp3) is 0.300. The van der Waals surface area contributed by atoms with Crippen molar-refractivity contribution in [1.82, 2.24) is 0 Å². The predicted molar refractivity (Wildman–Crippen MR) is 57.8 cm³/mol. The van der Waals surface area contributed by atoms with Crippen LogP contribution in [0.4, 0.5) is 5.69 Å². The van der Waals surface area contributed by atoms with Crippen molar-refractivity contribution in [2.24, 2.45) is 0 Å². The van der Waals surface area contributed by atoms with Gasteiger partial charge in [0.2, 0.25) is 0 Å². The summed E-state index contributed by atoms with van der Waals surface area (Å²) in [6.07, 6.45) is 1.30. The van der Waals surface area contributed by atoms with Gasteiger partial charge in [-0.15, -0.1) is 0 Å². The highest BCUT2D eigenvalue weighted by atomic mass is 79.9. The van der Waals surface area contributed by atoms with Crippen molar-refractivity contribution >= 4 is 27.4 Å². The Morgan fingerprint density at radius 3 is 2.86 bits per heavy atom. The Morgan fingerprint density at radius 2 is 2.21 bits per heavy atom. The number of nitrogens with two attached hydrogens (primary N) is 1. The Morgan fingerprint density at radius 1 is 1.50 bits per heavy atom. The topological polar surface area (TPSA) is 52.3 Å². The van der Waals surface area contributed by atoms with E-state index in [1.807, 2.05) is 0 Å². The molecular formula is C10H10BrNO2. The number of ether oxygens (including phenoxy) is 1. The predicted octanol–water partition coefficient (Wildman–Crippen LogP) is 2.17. The number of methoxy groups -OCH3 is 1. The van der Waals surface area contributed by atoms with Gasteiger partial charge in [-0.2, -0.15) is 0 Å². The summed E-state index contributed by atoms with van der Waals surface area (Å²) >= 11 is 3.33. The van der Waals surface area contributed by atoms with E-state index in [9.17, 15) is 4.79 Å². The van der Waals surface area contributed by atoms with Crippen molar-refractivity contribution in [3.05, 3.63) is 21.7 Å². The first kappa shape index (κ1) is 9.52. The van der Waals surface area contributed by atoms with Crippen LogP contribution < -0.4 is 10.5 Å².